The summed E-state index contributed by atoms with van der Waals surface area (Å²) in [6.45, 7) is 0. The molecule has 0 aliphatic heterocycles. The number of carbonyl (C=O) groups is 1. The molecule has 18 heavy (non-hydrogen) atoms. The molecular formula is C11H13F2NO4. The third-order valence-corrected chi connectivity index (χ3v) is 2.41. The lowest BCUT2D eigenvalue weighted by Crippen LogP contribution is -2.23. The normalized spacial score (nSPS) is 14.1. The van der Waals surface area contributed by atoms with E-state index < -0.39 is 41.9 Å². The highest BCUT2D eigenvalue weighted by molar-refractivity contribution is 5.69. The predicted octanol–water partition coefficient (Wildman–Crippen LogP) is 0.504. The van der Waals surface area contributed by atoms with E-state index in [1.54, 1.807) is 0 Å². The molecule has 0 aliphatic rings. The highest BCUT2D eigenvalue weighted by atomic mass is 19.1. The summed E-state index contributed by atoms with van der Waals surface area (Å²) >= 11 is 0. The number of nitrogens with two attached hydrogens (primary N) is 1. The number of nitrogen functional groups attached to an aromatic ring is 1. The molecule has 0 amide bonds. The van der Waals surface area contributed by atoms with Crippen molar-refractivity contribution in [2.45, 2.75) is 18.6 Å². The van der Waals surface area contributed by atoms with Crippen LogP contribution in [0.15, 0.2) is 12.1 Å². The van der Waals surface area contributed by atoms with Gasteiger partial charge in [0, 0.05) is 0 Å². The van der Waals surface area contributed by atoms with Crippen molar-refractivity contribution in [1.82, 2.24) is 0 Å². The Kier molecular flexibility index (Phi) is 4.57. The Morgan fingerprint density at radius 1 is 1.39 bits per heavy atom. The molecule has 0 saturated carbocycles. The number of hydrogen-bond donors (Lipinski definition) is 3. The van der Waals surface area contributed by atoms with Crippen molar-refractivity contribution in [3.8, 4) is 0 Å². The van der Waals surface area contributed by atoms with Crippen molar-refractivity contribution in [2.75, 3.05) is 12.8 Å². The molecule has 0 spiro atoms. The van der Waals surface area contributed by atoms with Gasteiger partial charge in [-0.15, -0.1) is 0 Å². The molecule has 0 bridgehead atoms. The van der Waals surface area contributed by atoms with Crippen molar-refractivity contribution in [3.63, 3.8) is 0 Å². The smallest absolute Gasteiger partial charge is 0.308 e. The molecule has 1 rings (SSSR count). The van der Waals surface area contributed by atoms with E-state index >= 15 is 0 Å². The summed E-state index contributed by atoms with van der Waals surface area (Å²) < 4.78 is 30.6. The number of rotatable bonds is 4. The van der Waals surface area contributed by atoms with E-state index in [1.807, 2.05) is 0 Å². The number of methoxy groups -OCH3 is 1. The second-order valence-electron chi connectivity index (χ2n) is 3.69. The van der Waals surface area contributed by atoms with E-state index in [4.69, 9.17) is 5.73 Å². The molecule has 0 heterocycles. The highest BCUT2D eigenvalue weighted by Crippen LogP contribution is 2.24. The number of aliphatic hydroxyl groups is 2. The minimum atomic E-state index is -1.62. The van der Waals surface area contributed by atoms with Crippen LogP contribution in [0.2, 0.25) is 0 Å². The Balaban J connectivity index is 2.90. The maximum Gasteiger partial charge on any atom is 0.308 e. The Bertz CT molecular complexity index is 430. The van der Waals surface area contributed by atoms with Crippen molar-refractivity contribution in [1.29, 1.82) is 0 Å². The van der Waals surface area contributed by atoms with Crippen molar-refractivity contribution < 1.29 is 28.5 Å². The second kappa shape index (κ2) is 5.74. The standard InChI is InChI=1S/C11H13F2NO4/c1-18-9(16)4-8(15)11(17)5-2-6(12)10(14)7(13)3-5/h2-3,8,11,15,17H,4,14H2,1H3. The summed E-state index contributed by atoms with van der Waals surface area (Å²) in [4.78, 5) is 10.9. The van der Waals surface area contributed by atoms with Gasteiger partial charge in [-0.2, -0.15) is 0 Å². The van der Waals surface area contributed by atoms with Gasteiger partial charge in [-0.3, -0.25) is 4.79 Å². The fraction of sp³-hybridized carbons (Fsp3) is 0.364. The zero-order valence-corrected chi connectivity index (χ0v) is 9.56. The monoisotopic (exact) mass is 261 g/mol. The summed E-state index contributed by atoms with van der Waals surface area (Å²) in [6.07, 6.45) is -3.64. The maximum atomic E-state index is 13.1. The molecule has 0 radical (unpaired) electrons. The average molecular weight is 261 g/mol. The molecule has 1 aromatic carbocycles. The third-order valence-electron chi connectivity index (χ3n) is 2.41. The molecule has 100 valence electrons. The van der Waals surface area contributed by atoms with Gasteiger partial charge in [0.2, 0.25) is 0 Å². The SMILES string of the molecule is COC(=O)CC(O)C(O)c1cc(F)c(N)c(F)c1. The Hall–Kier alpha value is -1.73. The van der Waals surface area contributed by atoms with E-state index in [1.165, 1.54) is 0 Å². The van der Waals surface area contributed by atoms with Gasteiger partial charge in [-0.05, 0) is 17.7 Å². The first-order chi connectivity index (χ1) is 8.36. The average Bonchev–Trinajstić information content (AvgIpc) is 2.33. The van der Waals surface area contributed by atoms with Crippen LogP contribution in [-0.4, -0.2) is 29.4 Å². The largest absolute Gasteiger partial charge is 0.469 e. The molecule has 2 unspecified atom stereocenters. The Labute approximate surface area is 102 Å². The van der Waals surface area contributed by atoms with Gasteiger partial charge in [0.1, 0.15) is 23.4 Å². The summed E-state index contributed by atoms with van der Waals surface area (Å²) in [5.41, 5.74) is 4.18. The number of carbonyl (C=O) groups excluding carboxylic acids is 1. The van der Waals surface area contributed by atoms with Gasteiger partial charge in [-0.1, -0.05) is 0 Å². The number of hydrogen-bond acceptors (Lipinski definition) is 5. The minimum absolute atomic E-state index is 0.212. The van der Waals surface area contributed by atoms with E-state index in [0.29, 0.717) is 0 Å². The highest BCUT2D eigenvalue weighted by Gasteiger charge is 2.23. The Morgan fingerprint density at radius 2 is 1.89 bits per heavy atom. The summed E-state index contributed by atoms with van der Waals surface area (Å²) in [5, 5.41) is 19.1. The fourth-order valence-electron chi connectivity index (χ4n) is 1.36. The van der Waals surface area contributed by atoms with Crippen LogP contribution >= 0.6 is 0 Å². The molecule has 5 nitrogen and oxygen atoms in total. The lowest BCUT2D eigenvalue weighted by Gasteiger charge is -2.17. The molecule has 1 aromatic rings. The van der Waals surface area contributed by atoms with Crippen LogP contribution in [0.5, 0.6) is 0 Å². The quantitative estimate of drug-likeness (QED) is 0.542. The number of aliphatic hydroxyl groups excluding tert-OH is 2. The van der Waals surface area contributed by atoms with Crippen LogP contribution in [-0.2, 0) is 9.53 Å². The number of esters is 1. The van der Waals surface area contributed by atoms with Crippen molar-refractivity contribution in [3.05, 3.63) is 29.3 Å². The second-order valence-corrected chi connectivity index (χ2v) is 3.69. The van der Waals surface area contributed by atoms with Gasteiger partial charge in [-0.25, -0.2) is 8.78 Å². The lowest BCUT2D eigenvalue weighted by molar-refractivity contribution is -0.144. The summed E-state index contributed by atoms with van der Waals surface area (Å²) in [6, 6.07) is 1.59. The lowest BCUT2D eigenvalue weighted by atomic mass is 10.0. The van der Waals surface area contributed by atoms with Crippen molar-refractivity contribution >= 4 is 11.7 Å². The van der Waals surface area contributed by atoms with Crippen LogP contribution < -0.4 is 5.73 Å². The van der Waals surface area contributed by atoms with Gasteiger partial charge < -0.3 is 20.7 Å². The zero-order chi connectivity index (χ0) is 13.9. The van der Waals surface area contributed by atoms with E-state index in [9.17, 15) is 23.8 Å². The van der Waals surface area contributed by atoms with E-state index in [-0.39, 0.29) is 5.56 Å². The predicted molar refractivity (Wildman–Crippen MR) is 58.4 cm³/mol. The molecule has 2 atom stereocenters. The third kappa shape index (κ3) is 3.14. The minimum Gasteiger partial charge on any atom is -0.469 e. The van der Waals surface area contributed by atoms with Crippen molar-refractivity contribution in [2.24, 2.45) is 0 Å². The van der Waals surface area contributed by atoms with Crippen LogP contribution in [0.25, 0.3) is 0 Å². The van der Waals surface area contributed by atoms with Gasteiger partial charge in [0.15, 0.2) is 0 Å². The molecule has 7 heteroatoms. The molecule has 0 aromatic heterocycles. The molecule has 0 saturated heterocycles. The molecule has 4 N–H and O–H groups in total. The zero-order valence-electron chi connectivity index (χ0n) is 9.56. The topological polar surface area (TPSA) is 92.8 Å². The van der Waals surface area contributed by atoms with Crippen LogP contribution in [0.1, 0.15) is 18.1 Å². The fourth-order valence-corrected chi connectivity index (χ4v) is 1.36. The molecule has 0 fully saturated rings. The van der Waals surface area contributed by atoms with Gasteiger partial charge in [0.25, 0.3) is 0 Å². The van der Waals surface area contributed by atoms with E-state index in [0.717, 1.165) is 19.2 Å². The van der Waals surface area contributed by atoms with Crippen LogP contribution in [0, 0.1) is 11.6 Å². The van der Waals surface area contributed by atoms with Gasteiger partial charge in [0.05, 0.1) is 19.6 Å². The molecular weight excluding hydrogens is 248 g/mol. The maximum absolute atomic E-state index is 13.1. The first-order valence-corrected chi connectivity index (χ1v) is 5.04. The number of ether oxygens (including phenoxy) is 1. The van der Waals surface area contributed by atoms with Crippen LogP contribution in [0.4, 0.5) is 14.5 Å². The first kappa shape index (κ1) is 14.3. The number of halogens is 2. The van der Waals surface area contributed by atoms with Crippen LogP contribution in [0.3, 0.4) is 0 Å². The molecule has 0 aliphatic carbocycles. The van der Waals surface area contributed by atoms with Gasteiger partial charge >= 0.3 is 5.97 Å². The number of anilines is 1. The first-order valence-electron chi connectivity index (χ1n) is 5.04. The summed E-state index contributed by atoms with van der Waals surface area (Å²) in [5.74, 6) is -2.85. The number of benzene rings is 1. The Morgan fingerprint density at radius 3 is 2.33 bits per heavy atom. The summed E-state index contributed by atoms with van der Waals surface area (Å²) in [7, 11) is 1.12. The van der Waals surface area contributed by atoms with E-state index in [2.05, 4.69) is 4.74 Å².